The maximum absolute atomic E-state index is 13.1. The predicted molar refractivity (Wildman–Crippen MR) is 131 cm³/mol. The van der Waals surface area contributed by atoms with Crippen LogP contribution >= 0.6 is 0 Å². The second-order valence-corrected chi connectivity index (χ2v) is 9.28. The van der Waals surface area contributed by atoms with Crippen LogP contribution in [-0.4, -0.2) is 79.3 Å². The van der Waals surface area contributed by atoms with Crippen LogP contribution in [-0.2, 0) is 19.2 Å². The van der Waals surface area contributed by atoms with Crippen LogP contribution in [0.25, 0.3) is 0 Å². The van der Waals surface area contributed by atoms with Crippen molar-refractivity contribution >= 4 is 29.5 Å². The maximum atomic E-state index is 13.1. The van der Waals surface area contributed by atoms with Gasteiger partial charge in [-0.3, -0.25) is 24.0 Å². The fraction of sp³-hybridized carbons (Fsp3) is 0.560. The molecule has 2 heterocycles. The van der Waals surface area contributed by atoms with Crippen LogP contribution < -0.4 is 26.0 Å². The van der Waals surface area contributed by atoms with E-state index in [1.807, 2.05) is 13.8 Å². The van der Waals surface area contributed by atoms with Crippen LogP contribution in [0, 0.1) is 5.92 Å². The van der Waals surface area contributed by atoms with Crippen molar-refractivity contribution < 1.29 is 28.7 Å². The summed E-state index contributed by atoms with van der Waals surface area (Å²) in [7, 11) is 0. The number of amides is 5. The second kappa shape index (κ2) is 12.9. The van der Waals surface area contributed by atoms with Crippen LogP contribution in [0.15, 0.2) is 24.3 Å². The highest BCUT2D eigenvalue weighted by Crippen LogP contribution is 2.18. The van der Waals surface area contributed by atoms with Crippen LogP contribution in [0.2, 0.25) is 0 Å². The molecule has 0 bridgehead atoms. The van der Waals surface area contributed by atoms with Gasteiger partial charge in [-0.15, -0.1) is 0 Å². The molecule has 2 aliphatic heterocycles. The number of ether oxygens (including phenoxy) is 1. The Labute approximate surface area is 210 Å². The van der Waals surface area contributed by atoms with Crippen molar-refractivity contribution in [3.63, 3.8) is 0 Å². The topological polar surface area (TPSA) is 146 Å². The summed E-state index contributed by atoms with van der Waals surface area (Å²) in [5.41, 5.74) is 0.234. The van der Waals surface area contributed by atoms with E-state index in [0.717, 1.165) is 6.42 Å². The minimum atomic E-state index is -1.19. The van der Waals surface area contributed by atoms with Crippen LogP contribution in [0.4, 0.5) is 0 Å². The smallest absolute Gasteiger partial charge is 0.255 e. The van der Waals surface area contributed by atoms with Gasteiger partial charge in [-0.25, -0.2) is 0 Å². The highest BCUT2D eigenvalue weighted by Gasteiger charge is 2.30. The first-order valence-corrected chi connectivity index (χ1v) is 12.4. The van der Waals surface area contributed by atoms with E-state index in [4.69, 9.17) is 4.74 Å². The van der Waals surface area contributed by atoms with Crippen LogP contribution in [0.3, 0.4) is 0 Å². The first-order valence-electron chi connectivity index (χ1n) is 12.4. The summed E-state index contributed by atoms with van der Waals surface area (Å²) >= 11 is 0. The van der Waals surface area contributed by atoms with E-state index in [1.54, 1.807) is 29.2 Å². The number of rotatable bonds is 5. The lowest BCUT2D eigenvalue weighted by Gasteiger charge is -2.24. The first-order chi connectivity index (χ1) is 17.3. The highest BCUT2D eigenvalue weighted by atomic mass is 16.5. The highest BCUT2D eigenvalue weighted by molar-refractivity contribution is 6.01. The predicted octanol–water partition coefficient (Wildman–Crippen LogP) is -0.0468. The number of nitrogens with one attached hydrogen (secondary N) is 4. The molecule has 0 radical (unpaired) electrons. The van der Waals surface area contributed by atoms with Gasteiger partial charge in [0, 0.05) is 32.6 Å². The number of nitrogens with zero attached hydrogens (tertiary/aromatic N) is 1. The van der Waals surface area contributed by atoms with Gasteiger partial charge >= 0.3 is 0 Å². The van der Waals surface area contributed by atoms with Crippen LogP contribution in [0.1, 0.15) is 49.9 Å². The number of benzene rings is 1. The van der Waals surface area contributed by atoms with E-state index in [1.165, 1.54) is 0 Å². The molecule has 1 fully saturated rings. The third-order valence-electron chi connectivity index (χ3n) is 6.14. The molecule has 0 saturated carbocycles. The average Bonchev–Trinajstić information content (AvgIpc) is 3.25. The van der Waals surface area contributed by atoms with Crippen LogP contribution in [0.5, 0.6) is 5.75 Å². The molecule has 0 aliphatic carbocycles. The van der Waals surface area contributed by atoms with Gasteiger partial charge in [0.15, 0.2) is 0 Å². The van der Waals surface area contributed by atoms with Gasteiger partial charge in [0.25, 0.3) is 5.91 Å². The second-order valence-electron chi connectivity index (χ2n) is 9.28. The Kier molecular flexibility index (Phi) is 9.66. The first kappa shape index (κ1) is 27.0. The summed E-state index contributed by atoms with van der Waals surface area (Å²) < 4.78 is 5.76. The van der Waals surface area contributed by atoms with E-state index in [2.05, 4.69) is 21.3 Å². The molecule has 0 spiro atoms. The summed E-state index contributed by atoms with van der Waals surface area (Å²) in [6.45, 7) is 5.42. The van der Waals surface area contributed by atoms with E-state index in [9.17, 15) is 24.0 Å². The van der Waals surface area contributed by atoms with Gasteiger partial charge in [-0.05, 0) is 30.9 Å². The Balaban J connectivity index is 1.77. The Morgan fingerprint density at radius 1 is 1.14 bits per heavy atom. The zero-order valence-corrected chi connectivity index (χ0v) is 20.8. The minimum Gasteiger partial charge on any atom is -0.493 e. The molecule has 1 saturated heterocycles. The van der Waals surface area contributed by atoms with Crippen molar-refractivity contribution in [3.05, 3.63) is 29.8 Å². The Morgan fingerprint density at radius 2 is 1.92 bits per heavy atom. The summed E-state index contributed by atoms with van der Waals surface area (Å²) in [5, 5.41) is 10.9. The van der Waals surface area contributed by atoms with Gasteiger partial charge in [0.1, 0.15) is 17.8 Å². The summed E-state index contributed by atoms with van der Waals surface area (Å²) in [6, 6.07) is 4.65. The van der Waals surface area contributed by atoms with E-state index < -0.39 is 29.8 Å². The van der Waals surface area contributed by atoms with Gasteiger partial charge in [0.05, 0.1) is 18.6 Å². The number of carbonyl (C=O) groups is 5. The minimum absolute atomic E-state index is 0.0421. The molecule has 11 nitrogen and oxygen atoms in total. The number of likely N-dealkylation sites (tertiary alicyclic amines) is 1. The molecule has 3 rings (SSSR count). The fourth-order valence-electron chi connectivity index (χ4n) is 4.13. The van der Waals surface area contributed by atoms with Gasteiger partial charge < -0.3 is 30.9 Å². The SMILES string of the molecule is CC(C)[C@H]1NC(=O)C[C@@H](C(=O)NCCN2CCCC2=O)NC(=O)c2ccccc2OCCCNC1=O. The molecule has 36 heavy (non-hydrogen) atoms. The molecule has 2 aliphatic rings. The Hall–Kier alpha value is -3.63. The summed E-state index contributed by atoms with van der Waals surface area (Å²) in [4.78, 5) is 65.1. The fourth-order valence-corrected chi connectivity index (χ4v) is 4.13. The Bertz CT molecular complexity index is 981. The largest absolute Gasteiger partial charge is 0.493 e. The molecule has 1 aromatic carbocycles. The molecule has 2 atom stereocenters. The standard InChI is InChI=1S/C25H35N5O6/c1-16(2)22-25(35)26-10-6-14-36-19-8-4-3-7-17(19)23(33)28-18(15-20(31)29-22)24(34)27-11-13-30-12-5-9-21(30)32/h3-4,7-8,16,18,22H,5-6,9-15H2,1-2H3,(H,26,35)(H,27,34)(H,28,33)(H,29,31)/t18-,22+/m0/s1. The number of hydrogen-bond donors (Lipinski definition) is 4. The van der Waals surface area contributed by atoms with Crippen molar-refractivity contribution in [2.45, 2.75) is 51.6 Å². The molecular formula is C25H35N5O6. The normalized spacial score (nSPS) is 21.9. The van der Waals surface area contributed by atoms with Crippen molar-refractivity contribution in [3.8, 4) is 5.75 Å². The van der Waals surface area contributed by atoms with E-state index >= 15 is 0 Å². The zero-order valence-electron chi connectivity index (χ0n) is 20.8. The van der Waals surface area contributed by atoms with Gasteiger partial charge in [0.2, 0.25) is 23.6 Å². The number of fused-ring (bicyclic) bond motifs is 1. The third kappa shape index (κ3) is 7.43. The summed E-state index contributed by atoms with van der Waals surface area (Å²) in [6.07, 6.45) is 1.43. The van der Waals surface area contributed by atoms with Crippen molar-refractivity contribution in [2.24, 2.45) is 5.92 Å². The molecule has 0 unspecified atom stereocenters. The van der Waals surface area contributed by atoms with E-state index in [-0.39, 0.29) is 42.9 Å². The van der Waals surface area contributed by atoms with Gasteiger partial charge in [-0.1, -0.05) is 26.0 Å². The lowest BCUT2D eigenvalue weighted by Crippen LogP contribution is -2.53. The Morgan fingerprint density at radius 3 is 2.64 bits per heavy atom. The molecular weight excluding hydrogens is 466 g/mol. The molecule has 4 N–H and O–H groups in total. The lowest BCUT2D eigenvalue weighted by atomic mass is 10.0. The average molecular weight is 502 g/mol. The molecule has 5 amide bonds. The third-order valence-corrected chi connectivity index (χ3v) is 6.14. The maximum Gasteiger partial charge on any atom is 0.255 e. The monoisotopic (exact) mass is 501 g/mol. The van der Waals surface area contributed by atoms with Crippen molar-refractivity contribution in [1.29, 1.82) is 0 Å². The molecule has 11 heteroatoms. The number of hydrogen-bond acceptors (Lipinski definition) is 6. The number of carbonyl (C=O) groups excluding carboxylic acids is 5. The molecule has 1 aromatic rings. The van der Waals surface area contributed by atoms with Crippen molar-refractivity contribution in [1.82, 2.24) is 26.2 Å². The van der Waals surface area contributed by atoms with Gasteiger partial charge in [-0.2, -0.15) is 0 Å². The van der Waals surface area contributed by atoms with E-state index in [0.29, 0.717) is 38.2 Å². The zero-order chi connectivity index (χ0) is 26.1. The molecule has 196 valence electrons. The quantitative estimate of drug-likeness (QED) is 0.445. The van der Waals surface area contributed by atoms with Crippen molar-refractivity contribution in [2.75, 3.05) is 32.8 Å². The lowest BCUT2D eigenvalue weighted by molar-refractivity contribution is -0.132. The summed E-state index contributed by atoms with van der Waals surface area (Å²) in [5.74, 6) is -1.79. The molecule has 0 aromatic heterocycles. The number of para-hydroxylation sites is 1.